The lowest BCUT2D eigenvalue weighted by atomic mass is 10.1. The van der Waals surface area contributed by atoms with Crippen molar-refractivity contribution in [3.8, 4) is 0 Å². The van der Waals surface area contributed by atoms with Gasteiger partial charge in [0.1, 0.15) is 5.04 Å². The topological polar surface area (TPSA) is 12.4 Å². The highest BCUT2D eigenvalue weighted by Crippen LogP contribution is 2.39. The van der Waals surface area contributed by atoms with Crippen molar-refractivity contribution in [2.45, 2.75) is 0 Å². The van der Waals surface area contributed by atoms with E-state index in [2.05, 4.69) is 64.2 Å². The minimum absolute atomic E-state index is 1.12. The van der Waals surface area contributed by atoms with Crippen molar-refractivity contribution in [2.75, 3.05) is 6.26 Å². The molecule has 1 heterocycles. The summed E-state index contributed by atoms with van der Waals surface area (Å²) in [4.78, 5) is 4.63. The van der Waals surface area contributed by atoms with E-state index in [0.29, 0.717) is 0 Å². The van der Waals surface area contributed by atoms with Crippen LogP contribution < -0.4 is 0 Å². The molecule has 0 aromatic heterocycles. The Morgan fingerprint density at radius 1 is 1.20 bits per heavy atom. The lowest BCUT2D eigenvalue weighted by molar-refractivity contribution is 1.61. The Bertz CT molecular complexity index is 589. The average molecular weight is 325 g/mol. The number of halogens is 1. The second-order valence-electron chi connectivity index (χ2n) is 3.42. The largest absolute Gasteiger partial charge is 0.241 e. The molecule has 2 aromatic rings. The summed E-state index contributed by atoms with van der Waals surface area (Å²) in [6.45, 7) is 0. The van der Waals surface area contributed by atoms with Crippen LogP contribution in [0.2, 0.25) is 0 Å². The monoisotopic (exact) mass is 325 g/mol. The van der Waals surface area contributed by atoms with Crippen LogP contribution in [0.1, 0.15) is 5.56 Å². The summed E-state index contributed by atoms with van der Waals surface area (Å²) >= 11 is 4.10. The van der Waals surface area contributed by atoms with Gasteiger partial charge in [-0.1, -0.05) is 18.2 Å². The third-order valence-corrected chi connectivity index (χ3v) is 4.25. The molecule has 3 rings (SSSR count). The maximum Gasteiger partial charge on any atom is 0.104 e. The van der Waals surface area contributed by atoms with Crippen LogP contribution in [0.5, 0.6) is 0 Å². The van der Waals surface area contributed by atoms with E-state index in [1.165, 1.54) is 19.9 Å². The van der Waals surface area contributed by atoms with Crippen LogP contribution in [-0.4, -0.2) is 11.3 Å². The van der Waals surface area contributed by atoms with Gasteiger partial charge in [-0.3, -0.25) is 0 Å². The van der Waals surface area contributed by atoms with E-state index in [1.54, 1.807) is 11.8 Å². The maximum absolute atomic E-state index is 4.63. The van der Waals surface area contributed by atoms with Crippen molar-refractivity contribution >= 4 is 55.9 Å². The molecular formula is C12H8INS. The van der Waals surface area contributed by atoms with Crippen molar-refractivity contribution in [1.82, 2.24) is 0 Å². The fourth-order valence-corrected chi connectivity index (χ4v) is 3.16. The lowest BCUT2D eigenvalue weighted by Crippen LogP contribution is -1.89. The van der Waals surface area contributed by atoms with E-state index < -0.39 is 0 Å². The zero-order valence-corrected chi connectivity index (χ0v) is 11.1. The third-order valence-electron chi connectivity index (χ3n) is 2.61. The van der Waals surface area contributed by atoms with Crippen molar-refractivity contribution in [3.05, 3.63) is 39.5 Å². The fraction of sp³-hybridized carbons (Fsp3) is 0.0833. The van der Waals surface area contributed by atoms with Crippen LogP contribution in [0.15, 0.2) is 35.3 Å². The summed E-state index contributed by atoms with van der Waals surface area (Å²) < 4.78 is 1.30. The van der Waals surface area contributed by atoms with Crippen LogP contribution in [0.3, 0.4) is 0 Å². The normalized spacial score (nSPS) is 13.3. The molecule has 15 heavy (non-hydrogen) atoms. The van der Waals surface area contributed by atoms with Crippen LogP contribution in [0.4, 0.5) is 5.69 Å². The Kier molecular flexibility index (Phi) is 2.25. The van der Waals surface area contributed by atoms with Crippen molar-refractivity contribution in [1.29, 1.82) is 0 Å². The molecule has 74 valence electrons. The minimum atomic E-state index is 1.12. The molecule has 0 fully saturated rings. The van der Waals surface area contributed by atoms with Gasteiger partial charge in [-0.25, -0.2) is 4.99 Å². The molecule has 1 aliphatic heterocycles. The molecule has 0 radical (unpaired) electrons. The fourth-order valence-electron chi connectivity index (χ4n) is 1.95. The Balaban J connectivity index is 2.47. The second kappa shape index (κ2) is 3.49. The summed E-state index contributed by atoms with van der Waals surface area (Å²) in [6, 6.07) is 10.7. The number of benzene rings is 2. The van der Waals surface area contributed by atoms with Crippen molar-refractivity contribution in [2.24, 2.45) is 4.99 Å². The first kappa shape index (κ1) is 9.66. The standard InChI is InChI=1S/C12H8INS/c1-15-12-8-4-2-3-7-9(13)5-6-10(14-12)11(7)8/h2-6H,1H3. The summed E-state index contributed by atoms with van der Waals surface area (Å²) in [7, 11) is 0. The highest BCUT2D eigenvalue weighted by molar-refractivity contribution is 14.1. The van der Waals surface area contributed by atoms with E-state index in [4.69, 9.17) is 0 Å². The number of nitrogens with zero attached hydrogens (tertiary/aromatic N) is 1. The van der Waals surface area contributed by atoms with Crippen LogP contribution in [0, 0.1) is 3.57 Å². The van der Waals surface area contributed by atoms with Crippen molar-refractivity contribution in [3.63, 3.8) is 0 Å². The molecule has 2 aromatic carbocycles. The summed E-state index contributed by atoms with van der Waals surface area (Å²) in [6.07, 6.45) is 2.08. The van der Waals surface area contributed by atoms with Gasteiger partial charge in [0.15, 0.2) is 0 Å². The molecule has 0 aliphatic carbocycles. The van der Waals surface area contributed by atoms with Gasteiger partial charge in [0.2, 0.25) is 0 Å². The van der Waals surface area contributed by atoms with Crippen LogP contribution >= 0.6 is 34.4 Å². The SMILES string of the molecule is CSC1=Nc2ccc(I)c3cccc1c23. The molecule has 0 saturated heterocycles. The molecule has 0 spiro atoms. The number of hydrogen-bond acceptors (Lipinski definition) is 2. The second-order valence-corrected chi connectivity index (χ2v) is 5.37. The summed E-state index contributed by atoms with van der Waals surface area (Å²) in [5.74, 6) is 0. The smallest absolute Gasteiger partial charge is 0.104 e. The van der Waals surface area contributed by atoms with Gasteiger partial charge in [0.05, 0.1) is 5.69 Å². The number of hydrogen-bond donors (Lipinski definition) is 0. The number of rotatable bonds is 0. The first-order chi connectivity index (χ1) is 7.31. The Hall–Kier alpha value is -0.550. The quantitative estimate of drug-likeness (QED) is 0.661. The highest BCUT2D eigenvalue weighted by atomic mass is 127. The molecule has 1 nitrogen and oxygen atoms in total. The Morgan fingerprint density at radius 3 is 2.87 bits per heavy atom. The van der Waals surface area contributed by atoms with Gasteiger partial charge in [-0.15, -0.1) is 11.8 Å². The average Bonchev–Trinajstić information content (AvgIpc) is 2.64. The van der Waals surface area contributed by atoms with Gasteiger partial charge in [-0.2, -0.15) is 0 Å². The van der Waals surface area contributed by atoms with Gasteiger partial charge >= 0.3 is 0 Å². The molecule has 0 N–H and O–H groups in total. The van der Waals surface area contributed by atoms with E-state index in [0.717, 1.165) is 10.7 Å². The Morgan fingerprint density at radius 2 is 2.07 bits per heavy atom. The van der Waals surface area contributed by atoms with Gasteiger partial charge < -0.3 is 0 Å². The third kappa shape index (κ3) is 1.33. The van der Waals surface area contributed by atoms with Gasteiger partial charge in [0, 0.05) is 14.5 Å². The molecule has 0 amide bonds. The molecule has 3 heteroatoms. The molecule has 0 atom stereocenters. The molecule has 0 saturated carbocycles. The predicted octanol–water partition coefficient (Wildman–Crippen LogP) is 4.20. The first-order valence-electron chi connectivity index (χ1n) is 4.65. The molecule has 0 unspecified atom stereocenters. The van der Waals surface area contributed by atoms with Crippen LogP contribution in [-0.2, 0) is 0 Å². The van der Waals surface area contributed by atoms with E-state index >= 15 is 0 Å². The lowest BCUT2D eigenvalue weighted by Gasteiger charge is -2.03. The summed E-state index contributed by atoms with van der Waals surface area (Å²) in [5, 5.41) is 3.77. The zero-order chi connectivity index (χ0) is 10.4. The molecule has 0 bridgehead atoms. The van der Waals surface area contributed by atoms with Gasteiger partial charge in [0.25, 0.3) is 0 Å². The zero-order valence-electron chi connectivity index (χ0n) is 8.12. The minimum Gasteiger partial charge on any atom is -0.241 e. The molecular weight excluding hydrogens is 317 g/mol. The van der Waals surface area contributed by atoms with E-state index in [-0.39, 0.29) is 0 Å². The predicted molar refractivity (Wildman–Crippen MR) is 76.4 cm³/mol. The van der Waals surface area contributed by atoms with E-state index in [1.807, 2.05) is 0 Å². The number of aliphatic imine (C=N–C) groups is 1. The van der Waals surface area contributed by atoms with E-state index in [9.17, 15) is 0 Å². The first-order valence-corrected chi connectivity index (χ1v) is 6.96. The maximum atomic E-state index is 4.63. The summed E-state index contributed by atoms with van der Waals surface area (Å²) in [5.41, 5.74) is 2.40. The van der Waals surface area contributed by atoms with Crippen LogP contribution in [0.25, 0.3) is 10.8 Å². The highest BCUT2D eigenvalue weighted by Gasteiger charge is 2.18. The Labute approximate surface area is 106 Å². The van der Waals surface area contributed by atoms with Crippen molar-refractivity contribution < 1.29 is 0 Å². The van der Waals surface area contributed by atoms with Gasteiger partial charge in [-0.05, 0) is 46.4 Å². The molecule has 1 aliphatic rings. The number of thioether (sulfide) groups is 1.